The van der Waals surface area contributed by atoms with Gasteiger partial charge in [0.05, 0.1) is 5.92 Å². The van der Waals surface area contributed by atoms with E-state index in [0.29, 0.717) is 31.5 Å². The van der Waals surface area contributed by atoms with E-state index in [4.69, 9.17) is 0 Å². The van der Waals surface area contributed by atoms with Crippen LogP contribution in [0.25, 0.3) is 0 Å². The van der Waals surface area contributed by atoms with Gasteiger partial charge in [-0.1, -0.05) is 12.8 Å². The Morgan fingerprint density at radius 1 is 1.18 bits per heavy atom. The molecule has 2 aliphatic heterocycles. The third-order valence-electron chi connectivity index (χ3n) is 5.13. The fourth-order valence-electron chi connectivity index (χ4n) is 4.00. The standard InChI is InChI=1S/C15H21N5O2/c21-13-8-11(9-19(13)12-4-1-2-5-12)14(22)18-6-3-7-20-15(18)16-10-17-20/h10-12H,1-9H2/t11-/m0/s1. The quantitative estimate of drug-likeness (QED) is 0.810. The predicted octanol–water partition coefficient (Wildman–Crippen LogP) is 0.806. The van der Waals surface area contributed by atoms with Gasteiger partial charge in [-0.25, -0.2) is 4.68 Å². The Morgan fingerprint density at radius 3 is 2.82 bits per heavy atom. The molecule has 1 saturated heterocycles. The molecule has 1 saturated carbocycles. The van der Waals surface area contributed by atoms with E-state index in [0.717, 1.165) is 25.8 Å². The molecule has 1 aliphatic carbocycles. The smallest absolute Gasteiger partial charge is 0.234 e. The number of amides is 2. The molecule has 0 spiro atoms. The fraction of sp³-hybridized carbons (Fsp3) is 0.733. The van der Waals surface area contributed by atoms with Gasteiger partial charge in [-0.2, -0.15) is 10.1 Å². The molecule has 22 heavy (non-hydrogen) atoms. The molecule has 7 nitrogen and oxygen atoms in total. The number of hydrogen-bond acceptors (Lipinski definition) is 4. The minimum Gasteiger partial charge on any atom is -0.339 e. The molecular weight excluding hydrogens is 282 g/mol. The number of carbonyl (C=O) groups excluding carboxylic acids is 2. The summed E-state index contributed by atoms with van der Waals surface area (Å²) in [4.78, 5) is 33.0. The highest BCUT2D eigenvalue weighted by Crippen LogP contribution is 2.31. The number of anilines is 1. The van der Waals surface area contributed by atoms with Crippen LogP contribution in [-0.4, -0.2) is 50.6 Å². The summed E-state index contributed by atoms with van der Waals surface area (Å²) in [5, 5.41) is 4.14. The summed E-state index contributed by atoms with van der Waals surface area (Å²) in [5.74, 6) is 0.575. The first kappa shape index (κ1) is 13.7. The lowest BCUT2D eigenvalue weighted by atomic mass is 10.1. The molecule has 0 bridgehead atoms. The van der Waals surface area contributed by atoms with Crippen LogP contribution < -0.4 is 4.90 Å². The maximum Gasteiger partial charge on any atom is 0.234 e. The van der Waals surface area contributed by atoms with Crippen LogP contribution in [0.1, 0.15) is 38.5 Å². The van der Waals surface area contributed by atoms with Gasteiger partial charge in [-0.05, 0) is 19.3 Å². The van der Waals surface area contributed by atoms with Crippen molar-refractivity contribution in [1.82, 2.24) is 19.7 Å². The van der Waals surface area contributed by atoms with Gasteiger partial charge in [-0.15, -0.1) is 0 Å². The Bertz CT molecular complexity index is 593. The Balaban J connectivity index is 1.49. The number of hydrogen-bond donors (Lipinski definition) is 0. The van der Waals surface area contributed by atoms with E-state index in [9.17, 15) is 9.59 Å². The molecule has 3 aliphatic rings. The van der Waals surface area contributed by atoms with Crippen LogP contribution in [0, 0.1) is 5.92 Å². The molecule has 2 amide bonds. The highest BCUT2D eigenvalue weighted by molar-refractivity contribution is 5.98. The zero-order valence-corrected chi connectivity index (χ0v) is 12.6. The van der Waals surface area contributed by atoms with Crippen LogP contribution in [-0.2, 0) is 16.1 Å². The molecular formula is C15H21N5O2. The van der Waals surface area contributed by atoms with Crippen LogP contribution in [0.4, 0.5) is 5.95 Å². The number of nitrogens with zero attached hydrogens (tertiary/aromatic N) is 5. The largest absolute Gasteiger partial charge is 0.339 e. The number of aryl methyl sites for hydroxylation is 1. The van der Waals surface area contributed by atoms with Crippen LogP contribution >= 0.6 is 0 Å². The third kappa shape index (κ3) is 2.19. The second-order valence-corrected chi connectivity index (χ2v) is 6.51. The first-order valence-corrected chi connectivity index (χ1v) is 8.22. The second kappa shape index (κ2) is 5.37. The second-order valence-electron chi connectivity index (χ2n) is 6.51. The summed E-state index contributed by atoms with van der Waals surface area (Å²) in [6.07, 6.45) is 7.29. The molecule has 7 heteroatoms. The summed E-state index contributed by atoms with van der Waals surface area (Å²) in [6, 6.07) is 0.357. The Kier molecular flexibility index (Phi) is 3.35. The van der Waals surface area contributed by atoms with Gasteiger partial charge in [0.15, 0.2) is 0 Å². The van der Waals surface area contributed by atoms with E-state index in [1.807, 2.05) is 4.90 Å². The van der Waals surface area contributed by atoms with Crippen LogP contribution in [0.5, 0.6) is 0 Å². The van der Waals surface area contributed by atoms with Crippen molar-refractivity contribution in [3.8, 4) is 0 Å². The minimum absolute atomic E-state index is 0.0304. The average molecular weight is 303 g/mol. The predicted molar refractivity (Wildman–Crippen MR) is 79.1 cm³/mol. The van der Waals surface area contributed by atoms with Gasteiger partial charge in [-0.3, -0.25) is 14.5 Å². The first-order valence-electron chi connectivity index (χ1n) is 8.22. The van der Waals surface area contributed by atoms with Crippen molar-refractivity contribution in [2.45, 2.75) is 51.1 Å². The molecule has 0 N–H and O–H groups in total. The van der Waals surface area contributed by atoms with Crippen molar-refractivity contribution in [1.29, 1.82) is 0 Å². The number of likely N-dealkylation sites (tertiary alicyclic amines) is 1. The molecule has 1 aromatic rings. The molecule has 3 heterocycles. The molecule has 1 atom stereocenters. The Hall–Kier alpha value is -1.92. The molecule has 4 rings (SSSR count). The number of fused-ring (bicyclic) bond motifs is 1. The van der Waals surface area contributed by atoms with Gasteiger partial charge in [0.25, 0.3) is 0 Å². The third-order valence-corrected chi connectivity index (χ3v) is 5.13. The van der Waals surface area contributed by atoms with E-state index < -0.39 is 0 Å². The molecule has 2 fully saturated rings. The van der Waals surface area contributed by atoms with E-state index >= 15 is 0 Å². The zero-order valence-electron chi connectivity index (χ0n) is 12.6. The number of aromatic nitrogens is 3. The molecule has 0 unspecified atom stereocenters. The monoisotopic (exact) mass is 303 g/mol. The topological polar surface area (TPSA) is 71.3 Å². The van der Waals surface area contributed by atoms with Gasteiger partial charge < -0.3 is 4.90 Å². The van der Waals surface area contributed by atoms with E-state index in [2.05, 4.69) is 10.1 Å². The summed E-state index contributed by atoms with van der Waals surface area (Å²) < 4.78 is 1.77. The van der Waals surface area contributed by atoms with Crippen LogP contribution in [0.15, 0.2) is 6.33 Å². The Labute approximate surface area is 129 Å². The number of carbonyl (C=O) groups is 2. The lowest BCUT2D eigenvalue weighted by Crippen LogP contribution is -2.43. The van der Waals surface area contributed by atoms with Gasteiger partial charge in [0.1, 0.15) is 6.33 Å². The lowest BCUT2D eigenvalue weighted by molar-refractivity contribution is -0.130. The summed E-state index contributed by atoms with van der Waals surface area (Å²) >= 11 is 0. The van der Waals surface area contributed by atoms with Crippen molar-refractivity contribution < 1.29 is 9.59 Å². The average Bonchev–Trinajstić information content (AvgIpc) is 3.25. The SMILES string of the molecule is O=C([C@H]1CC(=O)N(C2CCCC2)C1)N1CCCn2ncnc21. The van der Waals surface area contributed by atoms with Crippen LogP contribution in [0.3, 0.4) is 0 Å². The highest BCUT2D eigenvalue weighted by atomic mass is 16.2. The summed E-state index contributed by atoms with van der Waals surface area (Å²) in [5.41, 5.74) is 0. The van der Waals surface area contributed by atoms with Crippen molar-refractivity contribution in [3.63, 3.8) is 0 Å². The van der Waals surface area contributed by atoms with E-state index in [-0.39, 0.29) is 17.7 Å². The Morgan fingerprint density at radius 2 is 2.00 bits per heavy atom. The van der Waals surface area contributed by atoms with Crippen molar-refractivity contribution >= 4 is 17.8 Å². The zero-order chi connectivity index (χ0) is 15.1. The number of rotatable bonds is 2. The summed E-state index contributed by atoms with van der Waals surface area (Å²) in [7, 11) is 0. The lowest BCUT2D eigenvalue weighted by Gasteiger charge is -2.28. The van der Waals surface area contributed by atoms with E-state index in [1.54, 1.807) is 9.58 Å². The maximum absolute atomic E-state index is 12.8. The molecule has 1 aromatic heterocycles. The van der Waals surface area contributed by atoms with Crippen molar-refractivity contribution in [2.75, 3.05) is 18.0 Å². The van der Waals surface area contributed by atoms with Gasteiger partial charge in [0, 0.05) is 32.1 Å². The molecule has 0 aromatic carbocycles. The highest BCUT2D eigenvalue weighted by Gasteiger charge is 2.41. The molecule has 0 radical (unpaired) electrons. The van der Waals surface area contributed by atoms with Crippen molar-refractivity contribution in [2.24, 2.45) is 5.92 Å². The van der Waals surface area contributed by atoms with Crippen molar-refractivity contribution in [3.05, 3.63) is 6.33 Å². The summed E-state index contributed by atoms with van der Waals surface area (Å²) in [6.45, 7) is 2.05. The van der Waals surface area contributed by atoms with Gasteiger partial charge >= 0.3 is 0 Å². The maximum atomic E-state index is 12.8. The van der Waals surface area contributed by atoms with E-state index in [1.165, 1.54) is 19.2 Å². The minimum atomic E-state index is -0.226. The normalized spacial score (nSPS) is 25.8. The molecule has 118 valence electrons. The van der Waals surface area contributed by atoms with Gasteiger partial charge in [0.2, 0.25) is 17.8 Å². The van der Waals surface area contributed by atoms with Crippen LogP contribution in [0.2, 0.25) is 0 Å². The fourth-order valence-corrected chi connectivity index (χ4v) is 4.00. The first-order chi connectivity index (χ1) is 10.7.